The molecule has 97 heavy (non-hydrogen) atoms. The van der Waals surface area contributed by atoms with Crippen molar-refractivity contribution in [3.63, 3.8) is 0 Å². The number of aromatic hydroxyl groups is 1. The average Bonchev–Trinajstić information content (AvgIpc) is 1.61. The summed E-state index contributed by atoms with van der Waals surface area (Å²) in [5.74, 6) is -4.10. The summed E-state index contributed by atoms with van der Waals surface area (Å²) in [4.78, 5) is 99.2. The molecule has 5 heterocycles. The quantitative estimate of drug-likeness (QED) is 0.0456. The average molecular weight is 1540 g/mol. The number of carbonyl (C=O) groups excluding carboxylic acids is 7. The van der Waals surface area contributed by atoms with E-state index in [0.717, 1.165) is 75.1 Å². The van der Waals surface area contributed by atoms with Crippen molar-refractivity contribution in [3.05, 3.63) is 186 Å². The van der Waals surface area contributed by atoms with Gasteiger partial charge in [0.15, 0.2) is 36.6 Å². The summed E-state index contributed by atoms with van der Waals surface area (Å²) < 4.78 is 3.86. The van der Waals surface area contributed by atoms with Gasteiger partial charge in [-0.15, -0.1) is 11.3 Å². The van der Waals surface area contributed by atoms with E-state index in [4.69, 9.17) is 4.98 Å². The number of halogens is 3. The molecule has 4 aliphatic heterocycles. The number of aliphatic hydroxyl groups is 6. The minimum absolute atomic E-state index is 0.0855. The first-order chi connectivity index (χ1) is 46.3. The van der Waals surface area contributed by atoms with Crippen LogP contribution in [0.5, 0.6) is 5.75 Å². The SMILES string of the molecule is C[C@H](NC(=O)[C@H](O)[C@@H](O)C(=O)N1CCC(c2nc3ccccc3s2)CC1)c1ccc(Br)cc1.C[C@H](NC(=O)[C@H](O)[C@@H](O)C(=O)N1CCC2(CC1)C(=O)Nc1ccccc12)c1ccc(Br)cc1.C[C@H](NC(=O)[C@H](O)[C@@H](O)C(=O)N1CCN(c2ccc(O)cc2)CC1)c1ccc(Br)cc1. The molecule has 1 spiro atoms. The van der Waals surface area contributed by atoms with Gasteiger partial charge in [0.05, 0.1) is 38.8 Å². The molecule has 0 unspecified atom stereocenters. The molecular weight excluding hydrogens is 1460 g/mol. The zero-order valence-electron chi connectivity index (χ0n) is 53.4. The van der Waals surface area contributed by atoms with Crippen LogP contribution in [-0.4, -0.2) is 186 Å². The lowest BCUT2D eigenvalue weighted by atomic mass is 9.73. The molecule has 7 aromatic rings. The molecule has 7 amide bonds. The Hall–Kier alpha value is -7.70. The van der Waals surface area contributed by atoms with Gasteiger partial charge in [-0.2, -0.15) is 0 Å². The lowest BCUT2D eigenvalue weighted by Crippen LogP contribution is -2.55. The van der Waals surface area contributed by atoms with Crippen molar-refractivity contribution < 1.29 is 69.3 Å². The third-order valence-electron chi connectivity index (χ3n) is 18.0. The summed E-state index contributed by atoms with van der Waals surface area (Å²) in [6.07, 6.45) is -8.88. The minimum Gasteiger partial charge on any atom is -0.508 e. The van der Waals surface area contributed by atoms with Gasteiger partial charge in [0.1, 0.15) is 5.75 Å². The molecule has 0 radical (unpaired) electrons. The number of carbonyl (C=O) groups is 7. The van der Waals surface area contributed by atoms with Crippen molar-refractivity contribution in [1.29, 1.82) is 0 Å². The number of para-hydroxylation sites is 2. The van der Waals surface area contributed by atoms with Crippen LogP contribution in [-0.2, 0) is 39.0 Å². The molecule has 9 atom stereocenters. The highest BCUT2D eigenvalue weighted by Crippen LogP contribution is 2.45. The number of aliphatic hydroxyl groups excluding tert-OH is 6. The first-order valence-electron chi connectivity index (χ1n) is 31.7. The molecule has 3 fully saturated rings. The maximum Gasteiger partial charge on any atom is 0.254 e. The summed E-state index contributed by atoms with van der Waals surface area (Å²) in [5.41, 5.74) is 5.40. The van der Waals surface area contributed by atoms with Crippen molar-refractivity contribution in [2.24, 2.45) is 0 Å². The van der Waals surface area contributed by atoms with Gasteiger partial charge in [0, 0.05) is 83.1 Å². The van der Waals surface area contributed by atoms with E-state index in [1.54, 1.807) is 56.4 Å². The summed E-state index contributed by atoms with van der Waals surface area (Å²) in [5, 5.41) is 83.2. The van der Waals surface area contributed by atoms with Crippen LogP contribution in [0.4, 0.5) is 11.4 Å². The third-order valence-corrected chi connectivity index (χ3v) is 20.8. The van der Waals surface area contributed by atoms with Gasteiger partial charge in [-0.1, -0.05) is 115 Å². The van der Waals surface area contributed by atoms with E-state index in [-0.39, 0.29) is 36.7 Å². The Kier molecular flexibility index (Phi) is 25.2. The molecule has 514 valence electrons. The van der Waals surface area contributed by atoms with Crippen LogP contribution in [0.3, 0.4) is 0 Å². The molecule has 11 rings (SSSR count). The Labute approximate surface area is 590 Å². The standard InChI is InChI=1S/C24H26BrN3O5.C24H26BrN3O4S.C22H26BrN3O5/c1-14(15-6-8-16(25)9-7-15)26-21(31)19(29)20(30)22(32)28-12-10-24(11-13-28)17-4-2-3-5-18(17)27-23(24)33;1-14(15-6-8-17(25)9-7-15)26-22(31)20(29)21(30)24(32)28-12-10-16(11-13-28)23-27-18-4-2-3-5-19(18)33-23;1-14(15-2-4-16(23)5-3-15)24-21(30)19(28)20(29)22(31)26-12-10-25(11-13-26)17-6-8-18(27)9-7-17/h2-9,14,19-20,29-30H,10-13H2,1H3,(H,26,31)(H,27,33);2-9,14,16,20-21,29-30H,10-13H2,1H3,(H,26,31);2-9,14,19-20,27-29H,10-13H2,1H3,(H,24,30)/t14-,19+,20+;14-,20+,21+;14-,19+,20+/m000/s1. The molecule has 11 N–H and O–H groups in total. The Morgan fingerprint density at radius 3 is 1.33 bits per heavy atom. The van der Waals surface area contributed by atoms with Gasteiger partial charge in [-0.05, 0) is 148 Å². The van der Waals surface area contributed by atoms with Crippen molar-refractivity contribution in [1.82, 2.24) is 35.6 Å². The van der Waals surface area contributed by atoms with E-state index >= 15 is 0 Å². The van der Waals surface area contributed by atoms with Crippen LogP contribution < -0.4 is 26.2 Å². The van der Waals surface area contributed by atoms with Crippen LogP contribution >= 0.6 is 59.1 Å². The maximum absolute atomic E-state index is 12.8. The van der Waals surface area contributed by atoms with Gasteiger partial charge in [0.25, 0.3) is 35.4 Å². The monoisotopic (exact) mass is 1540 g/mol. The number of likely N-dealkylation sites (tertiary alicyclic amines) is 2. The van der Waals surface area contributed by atoms with Gasteiger partial charge < -0.3 is 76.6 Å². The van der Waals surface area contributed by atoms with E-state index in [2.05, 4.69) is 80.0 Å². The first-order valence-corrected chi connectivity index (χ1v) is 34.9. The Morgan fingerprint density at radius 1 is 0.505 bits per heavy atom. The van der Waals surface area contributed by atoms with Crippen LogP contribution in [0.2, 0.25) is 0 Å². The lowest BCUT2D eigenvalue weighted by molar-refractivity contribution is -0.154. The highest BCUT2D eigenvalue weighted by atomic mass is 79.9. The number of aromatic nitrogens is 1. The summed E-state index contributed by atoms with van der Waals surface area (Å²) in [6.45, 7) is 8.40. The van der Waals surface area contributed by atoms with Crippen LogP contribution in [0.15, 0.2) is 159 Å². The number of piperazine rings is 1. The van der Waals surface area contributed by atoms with Crippen molar-refractivity contribution in [2.45, 2.75) is 113 Å². The minimum atomic E-state index is -1.90. The summed E-state index contributed by atoms with van der Waals surface area (Å²) in [7, 11) is 0. The number of anilines is 2. The highest BCUT2D eigenvalue weighted by Gasteiger charge is 2.50. The molecule has 27 heteroatoms. The number of nitrogens with zero attached hydrogens (tertiary/aromatic N) is 5. The number of benzene rings is 6. The molecule has 0 bridgehead atoms. The first kappa shape index (κ1) is 73.5. The zero-order chi connectivity index (χ0) is 69.8. The van der Waals surface area contributed by atoms with E-state index in [1.807, 2.05) is 115 Å². The van der Waals surface area contributed by atoms with E-state index in [9.17, 15) is 69.3 Å². The Morgan fingerprint density at radius 2 is 0.897 bits per heavy atom. The number of rotatable bonds is 17. The van der Waals surface area contributed by atoms with Gasteiger partial charge in [-0.25, -0.2) is 4.98 Å². The predicted molar refractivity (Wildman–Crippen MR) is 376 cm³/mol. The van der Waals surface area contributed by atoms with Gasteiger partial charge in [0.2, 0.25) is 5.91 Å². The van der Waals surface area contributed by atoms with E-state index in [0.29, 0.717) is 52.1 Å². The Bertz CT molecular complexity index is 3850. The number of hydrogen-bond acceptors (Lipinski definition) is 17. The van der Waals surface area contributed by atoms with Crippen LogP contribution in [0, 0.1) is 0 Å². The Balaban J connectivity index is 0.000000171. The summed E-state index contributed by atoms with van der Waals surface area (Å²) >= 11 is 11.7. The second-order valence-corrected chi connectivity index (χ2v) is 28.2. The van der Waals surface area contributed by atoms with Crippen LogP contribution in [0.25, 0.3) is 10.2 Å². The largest absolute Gasteiger partial charge is 0.508 e. The highest BCUT2D eigenvalue weighted by molar-refractivity contribution is 9.11. The molecule has 23 nitrogen and oxygen atoms in total. The molecule has 3 saturated heterocycles. The fourth-order valence-electron chi connectivity index (χ4n) is 12.0. The number of phenolic OH excluding ortho intramolecular Hbond substituents is 1. The van der Waals surface area contributed by atoms with E-state index < -0.39 is 89.6 Å². The van der Waals surface area contributed by atoms with Gasteiger partial charge >= 0.3 is 0 Å². The number of nitrogens with one attached hydrogen (secondary N) is 4. The second kappa shape index (κ2) is 33.2. The third kappa shape index (κ3) is 18.2. The topological polar surface area (TPSA) is 335 Å². The number of thiazole rings is 1. The van der Waals surface area contributed by atoms with Crippen molar-refractivity contribution in [2.75, 3.05) is 62.6 Å². The van der Waals surface area contributed by atoms with Crippen molar-refractivity contribution in [3.8, 4) is 5.75 Å². The fourth-order valence-corrected chi connectivity index (χ4v) is 14.0. The molecule has 0 aliphatic carbocycles. The molecule has 4 aliphatic rings. The van der Waals surface area contributed by atoms with Crippen LogP contribution in [0.1, 0.15) is 97.8 Å². The number of amides is 7. The summed E-state index contributed by atoms with van der Waals surface area (Å²) in [6, 6.07) is 43.1. The molecule has 1 aromatic heterocycles. The molecule has 6 aromatic carbocycles. The van der Waals surface area contributed by atoms with E-state index in [1.165, 1.54) is 14.7 Å². The fraction of sp³-hybridized carbons (Fsp3) is 0.371. The second-order valence-electron chi connectivity index (χ2n) is 24.4. The number of piperidine rings is 2. The maximum atomic E-state index is 12.8. The predicted octanol–water partition coefficient (Wildman–Crippen LogP) is 6.63. The molecule has 0 saturated carbocycles. The van der Waals surface area contributed by atoms with Gasteiger partial charge in [-0.3, -0.25) is 33.6 Å². The number of phenols is 1. The smallest absolute Gasteiger partial charge is 0.254 e. The molecular formula is C70H78Br3N9O14S. The normalized spacial score (nSPS) is 18.0. The van der Waals surface area contributed by atoms with Crippen molar-refractivity contribution >= 4 is 122 Å². The lowest BCUT2D eigenvalue weighted by Gasteiger charge is -2.39. The zero-order valence-corrected chi connectivity index (χ0v) is 59.0. The number of hydrogen-bond donors (Lipinski definition) is 11. The number of fused-ring (bicyclic) bond motifs is 3.